The number of halogens is 1. The average molecular weight is 504 g/mol. The number of nitrogens with zero attached hydrogens (tertiary/aromatic N) is 3. The number of ether oxygens (including phenoxy) is 3. The van der Waals surface area contributed by atoms with E-state index in [9.17, 15) is 4.39 Å². The molecule has 0 aliphatic carbocycles. The summed E-state index contributed by atoms with van der Waals surface area (Å²) >= 11 is 0. The Morgan fingerprint density at radius 2 is 1.59 bits per heavy atom. The SMILES string of the molecule is COc1ccc(CN2C(c3ccc(Oc4ccc(F)cc4)cc3)=NO[C@]23CN2CCC3CC2)c(OC)c1. The van der Waals surface area contributed by atoms with Crippen molar-refractivity contribution >= 4 is 5.84 Å². The molecule has 0 N–H and O–H groups in total. The third-order valence-electron chi connectivity index (χ3n) is 7.66. The molecule has 3 aromatic rings. The Balaban J connectivity index is 1.31. The van der Waals surface area contributed by atoms with E-state index >= 15 is 0 Å². The lowest BCUT2D eigenvalue weighted by atomic mass is 9.79. The number of fused-ring (bicyclic) bond motifs is 2. The molecule has 0 saturated carbocycles. The molecule has 7 rings (SSSR count). The van der Waals surface area contributed by atoms with Crippen molar-refractivity contribution in [2.75, 3.05) is 33.9 Å². The van der Waals surface area contributed by atoms with Gasteiger partial charge in [-0.15, -0.1) is 0 Å². The predicted molar refractivity (Wildman–Crippen MR) is 138 cm³/mol. The molecule has 7 nitrogen and oxygen atoms in total. The van der Waals surface area contributed by atoms with E-state index in [-0.39, 0.29) is 5.82 Å². The third kappa shape index (κ3) is 4.35. The molecule has 8 heteroatoms. The maximum Gasteiger partial charge on any atom is 0.227 e. The molecule has 0 amide bonds. The molecule has 37 heavy (non-hydrogen) atoms. The highest BCUT2D eigenvalue weighted by Crippen LogP contribution is 2.45. The summed E-state index contributed by atoms with van der Waals surface area (Å²) in [6, 6.07) is 19.7. The van der Waals surface area contributed by atoms with Crippen molar-refractivity contribution in [3.63, 3.8) is 0 Å². The maximum absolute atomic E-state index is 13.2. The van der Waals surface area contributed by atoms with Gasteiger partial charge >= 0.3 is 0 Å². The molecule has 0 unspecified atom stereocenters. The van der Waals surface area contributed by atoms with Crippen LogP contribution in [0.5, 0.6) is 23.0 Å². The topological polar surface area (TPSA) is 55.8 Å². The summed E-state index contributed by atoms with van der Waals surface area (Å²) < 4.78 is 30.2. The molecular weight excluding hydrogens is 473 g/mol. The minimum Gasteiger partial charge on any atom is -0.497 e. The second kappa shape index (κ2) is 9.59. The fraction of sp³-hybridized carbons (Fsp3) is 0.345. The lowest BCUT2D eigenvalue weighted by Gasteiger charge is -2.53. The van der Waals surface area contributed by atoms with Gasteiger partial charge in [-0.3, -0.25) is 4.90 Å². The first-order chi connectivity index (χ1) is 18.1. The summed E-state index contributed by atoms with van der Waals surface area (Å²) in [7, 11) is 3.33. The van der Waals surface area contributed by atoms with Crippen LogP contribution >= 0.6 is 0 Å². The highest BCUT2D eigenvalue weighted by molar-refractivity contribution is 5.99. The van der Waals surface area contributed by atoms with Gasteiger partial charge in [0.2, 0.25) is 5.72 Å². The molecule has 0 radical (unpaired) electrons. The molecule has 2 bridgehead atoms. The Morgan fingerprint density at radius 1 is 0.919 bits per heavy atom. The van der Waals surface area contributed by atoms with Gasteiger partial charge in [0.15, 0.2) is 5.84 Å². The highest BCUT2D eigenvalue weighted by atomic mass is 19.1. The number of hydrogen-bond donors (Lipinski definition) is 0. The van der Waals surface area contributed by atoms with Gasteiger partial charge in [0.1, 0.15) is 28.8 Å². The molecule has 192 valence electrons. The van der Waals surface area contributed by atoms with Gasteiger partial charge in [-0.1, -0.05) is 5.16 Å². The van der Waals surface area contributed by atoms with Crippen molar-refractivity contribution in [3.8, 4) is 23.0 Å². The van der Waals surface area contributed by atoms with E-state index in [1.165, 1.54) is 12.1 Å². The number of benzene rings is 3. The van der Waals surface area contributed by atoms with Gasteiger partial charge in [-0.25, -0.2) is 4.39 Å². The Bertz CT molecular complexity index is 1290. The van der Waals surface area contributed by atoms with Crippen molar-refractivity contribution in [2.45, 2.75) is 25.1 Å². The summed E-state index contributed by atoms with van der Waals surface area (Å²) in [4.78, 5) is 11.1. The van der Waals surface area contributed by atoms with Gasteiger partial charge in [0.25, 0.3) is 0 Å². The highest BCUT2D eigenvalue weighted by Gasteiger charge is 2.57. The van der Waals surface area contributed by atoms with Gasteiger partial charge < -0.3 is 23.9 Å². The van der Waals surface area contributed by atoms with Crippen LogP contribution in [-0.4, -0.2) is 55.2 Å². The van der Waals surface area contributed by atoms with Crippen LogP contribution in [0.2, 0.25) is 0 Å². The lowest BCUT2D eigenvalue weighted by Crippen LogP contribution is -2.66. The largest absolute Gasteiger partial charge is 0.497 e. The van der Waals surface area contributed by atoms with Crippen LogP contribution in [0.4, 0.5) is 4.39 Å². The standard InChI is InChI=1S/C29H30FN3O4/c1-34-26-10-5-21(27(17-26)35-2)18-33-28(31-37-29(33)19-32-15-13-22(29)14-16-32)20-3-8-24(9-4-20)36-25-11-6-23(30)7-12-25/h3-12,17,22H,13-16,18-19H2,1-2H3/t29-/m0/s1. The van der Waals surface area contributed by atoms with Crippen molar-refractivity contribution in [1.82, 2.24) is 9.80 Å². The molecular formula is C29H30FN3O4. The van der Waals surface area contributed by atoms with Crippen LogP contribution in [0.3, 0.4) is 0 Å². The number of hydrogen-bond acceptors (Lipinski definition) is 7. The Labute approximate surface area is 216 Å². The van der Waals surface area contributed by atoms with Crippen LogP contribution in [-0.2, 0) is 11.4 Å². The van der Waals surface area contributed by atoms with Gasteiger partial charge in [0.05, 0.1) is 27.3 Å². The van der Waals surface area contributed by atoms with Crippen LogP contribution in [0, 0.1) is 11.7 Å². The zero-order valence-electron chi connectivity index (χ0n) is 21.0. The predicted octanol–water partition coefficient (Wildman–Crippen LogP) is 5.25. The van der Waals surface area contributed by atoms with Gasteiger partial charge in [0, 0.05) is 23.1 Å². The Morgan fingerprint density at radius 3 is 2.22 bits per heavy atom. The normalized spacial score (nSPS) is 24.1. The molecule has 4 aliphatic rings. The van der Waals surface area contributed by atoms with E-state index in [0.717, 1.165) is 60.9 Å². The van der Waals surface area contributed by atoms with Crippen molar-refractivity contribution in [3.05, 3.63) is 83.7 Å². The second-order valence-electron chi connectivity index (χ2n) is 9.75. The summed E-state index contributed by atoms with van der Waals surface area (Å²) in [6.07, 6.45) is 2.17. The van der Waals surface area contributed by atoms with Crippen LogP contribution in [0.25, 0.3) is 0 Å². The maximum atomic E-state index is 13.2. The second-order valence-corrected chi connectivity index (χ2v) is 9.75. The van der Waals surface area contributed by atoms with Crippen molar-refractivity contribution in [1.29, 1.82) is 0 Å². The van der Waals surface area contributed by atoms with E-state index in [1.54, 1.807) is 26.4 Å². The average Bonchev–Trinajstić information content (AvgIpc) is 3.28. The Hall–Kier alpha value is -3.78. The van der Waals surface area contributed by atoms with E-state index in [2.05, 4.69) is 15.0 Å². The minimum atomic E-state index is -0.514. The lowest BCUT2D eigenvalue weighted by molar-refractivity contribution is -0.198. The third-order valence-corrected chi connectivity index (χ3v) is 7.66. The quantitative estimate of drug-likeness (QED) is 0.439. The number of methoxy groups -OCH3 is 2. The monoisotopic (exact) mass is 503 g/mol. The molecule has 1 atom stereocenters. The first-order valence-corrected chi connectivity index (χ1v) is 12.6. The van der Waals surface area contributed by atoms with E-state index in [4.69, 9.17) is 19.0 Å². The molecule has 4 aliphatic heterocycles. The molecule has 1 spiro atoms. The van der Waals surface area contributed by atoms with Crippen molar-refractivity contribution in [2.24, 2.45) is 11.1 Å². The fourth-order valence-corrected chi connectivity index (χ4v) is 5.68. The number of amidine groups is 1. The zero-order valence-corrected chi connectivity index (χ0v) is 21.0. The summed E-state index contributed by atoms with van der Waals surface area (Å²) in [5.74, 6) is 3.65. The first-order valence-electron chi connectivity index (χ1n) is 12.6. The van der Waals surface area contributed by atoms with Gasteiger partial charge in [-0.05, 0) is 86.6 Å². The van der Waals surface area contributed by atoms with E-state index < -0.39 is 5.72 Å². The van der Waals surface area contributed by atoms with Crippen LogP contribution in [0.1, 0.15) is 24.0 Å². The zero-order chi connectivity index (χ0) is 25.4. The Kier molecular flexibility index (Phi) is 6.12. The molecule has 0 aromatic heterocycles. The number of rotatable bonds is 7. The van der Waals surface area contributed by atoms with Crippen LogP contribution < -0.4 is 14.2 Å². The molecule has 3 fully saturated rings. The van der Waals surface area contributed by atoms with E-state index in [1.807, 2.05) is 42.5 Å². The fourth-order valence-electron chi connectivity index (χ4n) is 5.68. The van der Waals surface area contributed by atoms with E-state index in [0.29, 0.717) is 24.0 Å². The smallest absolute Gasteiger partial charge is 0.227 e. The minimum absolute atomic E-state index is 0.294. The summed E-state index contributed by atoms with van der Waals surface area (Å²) in [6.45, 7) is 3.60. The van der Waals surface area contributed by atoms with Crippen molar-refractivity contribution < 1.29 is 23.4 Å². The number of piperidine rings is 3. The molecule has 3 aromatic carbocycles. The summed E-state index contributed by atoms with van der Waals surface area (Å²) in [5, 5.41) is 4.66. The first kappa shape index (κ1) is 23.6. The van der Waals surface area contributed by atoms with Crippen LogP contribution in [0.15, 0.2) is 71.9 Å². The summed E-state index contributed by atoms with van der Waals surface area (Å²) in [5.41, 5.74) is 1.46. The molecule has 3 saturated heterocycles. The molecule has 4 heterocycles. The van der Waals surface area contributed by atoms with Gasteiger partial charge in [-0.2, -0.15) is 0 Å². The number of oxime groups is 1.